The summed E-state index contributed by atoms with van der Waals surface area (Å²) in [4.78, 5) is 10.4. The molecule has 0 atom stereocenters. The third-order valence-electron chi connectivity index (χ3n) is 2.54. The van der Waals surface area contributed by atoms with Gasteiger partial charge in [0, 0.05) is 28.2 Å². The molecule has 0 radical (unpaired) electrons. The minimum Gasteiger partial charge on any atom is -0.370 e. The molecule has 0 spiro atoms. The van der Waals surface area contributed by atoms with Crippen molar-refractivity contribution in [2.75, 3.05) is 11.9 Å². The number of halogens is 1. The Morgan fingerprint density at radius 1 is 1.32 bits per heavy atom. The van der Waals surface area contributed by atoms with Crippen molar-refractivity contribution in [1.29, 1.82) is 0 Å². The summed E-state index contributed by atoms with van der Waals surface area (Å²) >= 11 is 5.13. The van der Waals surface area contributed by atoms with E-state index in [0.717, 1.165) is 39.7 Å². The lowest BCUT2D eigenvalue weighted by Crippen LogP contribution is -2.05. The first kappa shape index (κ1) is 14.5. The number of nitrogens with zero attached hydrogens (tertiary/aromatic N) is 2. The van der Waals surface area contributed by atoms with Crippen LogP contribution in [0.1, 0.15) is 26.5 Å². The van der Waals surface area contributed by atoms with Crippen LogP contribution in [0, 0.1) is 5.92 Å². The zero-order valence-electron chi connectivity index (χ0n) is 11.4. The predicted molar refractivity (Wildman–Crippen MR) is 85.8 cm³/mol. The molecule has 0 saturated heterocycles. The molecule has 2 rings (SSSR count). The van der Waals surface area contributed by atoms with E-state index in [2.05, 4.69) is 69.5 Å². The summed E-state index contributed by atoms with van der Waals surface area (Å²) in [5.74, 6) is 2.31. The van der Waals surface area contributed by atoms with Gasteiger partial charge in [-0.3, -0.25) is 0 Å². The van der Waals surface area contributed by atoms with Crippen LogP contribution in [-0.4, -0.2) is 16.5 Å². The summed E-state index contributed by atoms with van der Waals surface area (Å²) in [6, 6.07) is 4.12. The maximum absolute atomic E-state index is 4.68. The van der Waals surface area contributed by atoms with Crippen molar-refractivity contribution in [3.05, 3.63) is 27.7 Å². The Labute approximate surface area is 126 Å². The molecule has 0 aliphatic carbocycles. The second-order valence-corrected chi connectivity index (χ2v) is 6.65. The first-order valence-corrected chi connectivity index (χ1v) is 8.12. The van der Waals surface area contributed by atoms with Crippen molar-refractivity contribution < 1.29 is 0 Å². The number of aromatic nitrogens is 2. The van der Waals surface area contributed by atoms with E-state index in [4.69, 9.17) is 0 Å². The van der Waals surface area contributed by atoms with Gasteiger partial charge in [0.2, 0.25) is 0 Å². The first-order valence-electron chi connectivity index (χ1n) is 6.44. The van der Waals surface area contributed by atoms with Gasteiger partial charge in [0.25, 0.3) is 0 Å². The van der Waals surface area contributed by atoms with Gasteiger partial charge in [-0.25, -0.2) is 9.97 Å². The molecule has 2 aromatic heterocycles. The topological polar surface area (TPSA) is 37.8 Å². The fraction of sp³-hybridized carbons (Fsp3) is 0.429. The van der Waals surface area contributed by atoms with Crippen molar-refractivity contribution in [3.63, 3.8) is 0 Å². The largest absolute Gasteiger partial charge is 0.370 e. The molecule has 5 heteroatoms. The molecule has 0 bridgehead atoms. The van der Waals surface area contributed by atoms with Crippen LogP contribution in [-0.2, 0) is 6.42 Å². The lowest BCUT2D eigenvalue weighted by Gasteiger charge is -2.09. The lowest BCUT2D eigenvalue weighted by atomic mass is 10.1. The molecule has 2 aromatic rings. The minimum absolute atomic E-state index is 0.590. The molecule has 0 aromatic carbocycles. The van der Waals surface area contributed by atoms with E-state index in [1.807, 2.05) is 0 Å². The zero-order chi connectivity index (χ0) is 13.8. The van der Waals surface area contributed by atoms with Crippen molar-refractivity contribution >= 4 is 33.1 Å². The summed E-state index contributed by atoms with van der Waals surface area (Å²) in [7, 11) is 0. The highest BCUT2D eigenvalue weighted by atomic mass is 79.9. The normalized spacial score (nSPS) is 11.0. The summed E-state index contributed by atoms with van der Waals surface area (Å²) < 4.78 is 1.08. The van der Waals surface area contributed by atoms with E-state index in [9.17, 15) is 0 Å². The predicted octanol–water partition coefficient (Wildman–Crippen LogP) is 4.60. The van der Waals surface area contributed by atoms with Crippen LogP contribution in [0.4, 0.5) is 5.82 Å². The van der Waals surface area contributed by atoms with Crippen molar-refractivity contribution in [2.45, 2.75) is 27.2 Å². The molecule has 0 amide bonds. The van der Waals surface area contributed by atoms with Crippen molar-refractivity contribution in [2.24, 2.45) is 5.92 Å². The third-order valence-corrected chi connectivity index (χ3v) is 4.23. The van der Waals surface area contributed by atoms with Gasteiger partial charge < -0.3 is 5.32 Å². The molecule has 0 saturated carbocycles. The maximum atomic E-state index is 4.68. The Balaban J connectivity index is 2.38. The Bertz CT molecular complexity index is 551. The van der Waals surface area contributed by atoms with Crippen LogP contribution in [0.5, 0.6) is 0 Å². The molecule has 19 heavy (non-hydrogen) atoms. The fourth-order valence-electron chi connectivity index (χ4n) is 1.83. The Kier molecular flexibility index (Phi) is 4.93. The minimum atomic E-state index is 0.590. The van der Waals surface area contributed by atoms with Gasteiger partial charge in [-0.1, -0.05) is 13.8 Å². The summed E-state index contributed by atoms with van der Waals surface area (Å²) in [5.41, 5.74) is 1.10. The number of thiophene rings is 1. The number of nitrogens with one attached hydrogen (secondary N) is 1. The van der Waals surface area contributed by atoms with Crippen LogP contribution in [0.15, 0.2) is 22.0 Å². The molecule has 0 unspecified atom stereocenters. The molecule has 2 heterocycles. The highest BCUT2D eigenvalue weighted by Gasteiger charge is 2.10. The van der Waals surface area contributed by atoms with Crippen molar-refractivity contribution in [3.8, 4) is 10.7 Å². The van der Waals surface area contributed by atoms with E-state index in [1.54, 1.807) is 11.3 Å². The van der Waals surface area contributed by atoms with Crippen LogP contribution >= 0.6 is 27.3 Å². The zero-order valence-corrected chi connectivity index (χ0v) is 13.8. The quantitative estimate of drug-likeness (QED) is 0.864. The summed E-state index contributed by atoms with van der Waals surface area (Å²) in [5, 5.41) is 5.34. The smallest absolute Gasteiger partial charge is 0.171 e. The standard InChI is InChI=1S/C14H18BrN3S/c1-4-16-13-7-11(5-9(2)3)17-14(18-13)12-6-10(15)8-19-12/h6-9H,4-5H2,1-3H3,(H,16,17,18). The number of anilines is 1. The highest BCUT2D eigenvalue weighted by molar-refractivity contribution is 9.10. The average Bonchev–Trinajstić information content (AvgIpc) is 2.75. The van der Waals surface area contributed by atoms with Gasteiger partial charge in [-0.2, -0.15) is 0 Å². The Morgan fingerprint density at radius 3 is 2.68 bits per heavy atom. The highest BCUT2D eigenvalue weighted by Crippen LogP contribution is 2.28. The molecule has 0 aliphatic heterocycles. The summed E-state index contributed by atoms with van der Waals surface area (Å²) in [6.45, 7) is 7.35. The van der Waals surface area contributed by atoms with Gasteiger partial charge in [0.15, 0.2) is 5.82 Å². The average molecular weight is 340 g/mol. The Hall–Kier alpha value is -0.940. The molecule has 0 aliphatic rings. The molecular weight excluding hydrogens is 322 g/mol. The molecular formula is C14H18BrN3S. The fourth-order valence-corrected chi connectivity index (χ4v) is 3.19. The Morgan fingerprint density at radius 2 is 2.11 bits per heavy atom. The van der Waals surface area contributed by atoms with Crippen molar-refractivity contribution in [1.82, 2.24) is 9.97 Å². The monoisotopic (exact) mass is 339 g/mol. The van der Waals surface area contributed by atoms with E-state index in [0.29, 0.717) is 5.92 Å². The number of rotatable bonds is 5. The number of hydrogen-bond acceptors (Lipinski definition) is 4. The second-order valence-electron chi connectivity index (χ2n) is 4.83. The van der Waals surface area contributed by atoms with Crippen LogP contribution in [0.2, 0.25) is 0 Å². The summed E-state index contributed by atoms with van der Waals surface area (Å²) in [6.07, 6.45) is 0.973. The SMILES string of the molecule is CCNc1cc(CC(C)C)nc(-c2cc(Br)cs2)n1. The number of hydrogen-bond donors (Lipinski definition) is 1. The van der Waals surface area contributed by atoms with Gasteiger partial charge in [0.05, 0.1) is 4.88 Å². The van der Waals surface area contributed by atoms with E-state index >= 15 is 0 Å². The third kappa shape index (κ3) is 4.01. The van der Waals surface area contributed by atoms with E-state index in [-0.39, 0.29) is 0 Å². The van der Waals surface area contributed by atoms with Gasteiger partial charge in [0.1, 0.15) is 5.82 Å². The molecule has 3 nitrogen and oxygen atoms in total. The maximum Gasteiger partial charge on any atom is 0.171 e. The first-order chi connectivity index (χ1) is 9.08. The molecule has 1 N–H and O–H groups in total. The van der Waals surface area contributed by atoms with Crippen LogP contribution < -0.4 is 5.32 Å². The molecule has 102 valence electrons. The lowest BCUT2D eigenvalue weighted by molar-refractivity contribution is 0.635. The van der Waals surface area contributed by atoms with Crippen LogP contribution in [0.3, 0.4) is 0 Å². The van der Waals surface area contributed by atoms with Gasteiger partial charge >= 0.3 is 0 Å². The van der Waals surface area contributed by atoms with Crippen LogP contribution in [0.25, 0.3) is 10.7 Å². The van der Waals surface area contributed by atoms with Gasteiger partial charge in [-0.15, -0.1) is 11.3 Å². The van der Waals surface area contributed by atoms with Gasteiger partial charge in [-0.05, 0) is 41.3 Å². The van der Waals surface area contributed by atoms with E-state index < -0.39 is 0 Å². The second kappa shape index (κ2) is 6.48. The van der Waals surface area contributed by atoms with E-state index in [1.165, 1.54) is 0 Å². The molecule has 0 fully saturated rings.